The SMILES string of the molecule is Cc1cc(C(=O)NCc2ccccc2S(=O)(=O)N2CCOCC2)c2ccc(F)cc2n1. The molecule has 2 aromatic carbocycles. The number of fused-ring (bicyclic) bond motifs is 1. The first-order valence-electron chi connectivity index (χ1n) is 9.87. The Balaban J connectivity index is 1.60. The van der Waals surface area contributed by atoms with Gasteiger partial charge in [-0.05, 0) is 36.8 Å². The van der Waals surface area contributed by atoms with Gasteiger partial charge in [0.05, 0.1) is 29.2 Å². The molecule has 7 nitrogen and oxygen atoms in total. The third-order valence-electron chi connectivity index (χ3n) is 5.14. The molecule has 4 rings (SSSR count). The summed E-state index contributed by atoms with van der Waals surface area (Å²) in [6.45, 7) is 3.05. The minimum Gasteiger partial charge on any atom is -0.379 e. The maximum absolute atomic E-state index is 13.6. The predicted octanol–water partition coefficient (Wildman–Crippen LogP) is 2.63. The number of morpholine rings is 1. The number of aromatic nitrogens is 1. The molecule has 162 valence electrons. The number of ether oxygens (including phenoxy) is 1. The quantitative estimate of drug-likeness (QED) is 0.655. The number of pyridine rings is 1. The molecule has 0 atom stereocenters. The van der Waals surface area contributed by atoms with E-state index in [1.165, 1.54) is 22.5 Å². The van der Waals surface area contributed by atoms with E-state index in [0.29, 0.717) is 54.0 Å². The standard InChI is InChI=1S/C22H22FN3O4S/c1-15-12-19(18-7-6-17(23)13-20(18)25-15)22(27)24-14-16-4-2-3-5-21(16)31(28,29)26-8-10-30-11-9-26/h2-7,12-13H,8-11,14H2,1H3,(H,24,27). The molecule has 2 heterocycles. The number of nitrogens with zero attached hydrogens (tertiary/aromatic N) is 2. The Hall–Kier alpha value is -2.88. The minimum atomic E-state index is -3.70. The van der Waals surface area contributed by atoms with Crippen LogP contribution in [0.5, 0.6) is 0 Å². The molecule has 31 heavy (non-hydrogen) atoms. The molecule has 1 saturated heterocycles. The number of carbonyl (C=O) groups excluding carboxylic acids is 1. The lowest BCUT2D eigenvalue weighted by Crippen LogP contribution is -2.41. The lowest BCUT2D eigenvalue weighted by Gasteiger charge is -2.27. The number of halogens is 1. The Morgan fingerprint density at radius 1 is 1.16 bits per heavy atom. The molecule has 1 aliphatic heterocycles. The molecule has 1 aromatic heterocycles. The van der Waals surface area contributed by atoms with Gasteiger partial charge >= 0.3 is 0 Å². The molecule has 1 aliphatic rings. The number of nitrogens with one attached hydrogen (secondary N) is 1. The number of benzene rings is 2. The molecule has 1 amide bonds. The highest BCUT2D eigenvalue weighted by Crippen LogP contribution is 2.23. The number of aryl methyl sites for hydroxylation is 1. The van der Waals surface area contributed by atoms with Gasteiger partial charge in [0.2, 0.25) is 10.0 Å². The van der Waals surface area contributed by atoms with Crippen LogP contribution in [0.2, 0.25) is 0 Å². The Morgan fingerprint density at radius 2 is 1.90 bits per heavy atom. The molecular formula is C22H22FN3O4S. The van der Waals surface area contributed by atoms with Gasteiger partial charge in [0.25, 0.3) is 5.91 Å². The van der Waals surface area contributed by atoms with E-state index in [1.54, 1.807) is 37.3 Å². The molecule has 0 radical (unpaired) electrons. The molecule has 0 spiro atoms. The Labute approximate surface area is 179 Å². The van der Waals surface area contributed by atoms with Crippen LogP contribution in [0.4, 0.5) is 4.39 Å². The highest BCUT2D eigenvalue weighted by atomic mass is 32.2. The van der Waals surface area contributed by atoms with Crippen molar-refractivity contribution in [3.05, 3.63) is 71.2 Å². The van der Waals surface area contributed by atoms with Crippen LogP contribution in [0, 0.1) is 12.7 Å². The van der Waals surface area contributed by atoms with Crippen LogP contribution in [0.25, 0.3) is 10.9 Å². The van der Waals surface area contributed by atoms with E-state index in [9.17, 15) is 17.6 Å². The predicted molar refractivity (Wildman–Crippen MR) is 114 cm³/mol. The third kappa shape index (κ3) is 4.43. The molecule has 1 N–H and O–H groups in total. The first-order chi connectivity index (χ1) is 14.9. The molecular weight excluding hydrogens is 421 g/mol. The van der Waals surface area contributed by atoms with Crippen molar-refractivity contribution < 1.29 is 22.3 Å². The summed E-state index contributed by atoms with van der Waals surface area (Å²) in [5.41, 5.74) is 1.82. The molecule has 3 aromatic rings. The summed E-state index contributed by atoms with van der Waals surface area (Å²) in [6.07, 6.45) is 0. The summed E-state index contributed by atoms with van der Waals surface area (Å²) < 4.78 is 46.4. The van der Waals surface area contributed by atoms with Crippen LogP contribution in [0.1, 0.15) is 21.6 Å². The summed E-state index contributed by atoms with van der Waals surface area (Å²) in [5.74, 6) is -0.820. The van der Waals surface area contributed by atoms with Gasteiger partial charge in [-0.3, -0.25) is 9.78 Å². The summed E-state index contributed by atoms with van der Waals surface area (Å²) in [6, 6.07) is 12.3. The van der Waals surface area contributed by atoms with Crippen LogP contribution < -0.4 is 5.32 Å². The smallest absolute Gasteiger partial charge is 0.252 e. The summed E-state index contributed by atoms with van der Waals surface area (Å²) in [7, 11) is -3.70. The summed E-state index contributed by atoms with van der Waals surface area (Å²) in [4.78, 5) is 17.4. The van der Waals surface area contributed by atoms with Crippen LogP contribution in [-0.2, 0) is 21.3 Å². The maximum Gasteiger partial charge on any atom is 0.252 e. The molecule has 0 bridgehead atoms. The second-order valence-electron chi connectivity index (χ2n) is 7.28. The first kappa shape index (κ1) is 21.4. The van der Waals surface area contributed by atoms with Crippen molar-refractivity contribution in [3.63, 3.8) is 0 Å². The minimum absolute atomic E-state index is 0.0304. The zero-order valence-corrected chi connectivity index (χ0v) is 17.8. The average molecular weight is 444 g/mol. The van der Waals surface area contributed by atoms with Crippen molar-refractivity contribution in [2.75, 3.05) is 26.3 Å². The number of carbonyl (C=O) groups is 1. The Kier molecular flexibility index (Phi) is 5.99. The largest absolute Gasteiger partial charge is 0.379 e. The van der Waals surface area contributed by atoms with Crippen molar-refractivity contribution in [1.82, 2.24) is 14.6 Å². The van der Waals surface area contributed by atoms with Crippen molar-refractivity contribution in [3.8, 4) is 0 Å². The maximum atomic E-state index is 13.6. The first-order valence-corrected chi connectivity index (χ1v) is 11.3. The molecule has 0 saturated carbocycles. The summed E-state index contributed by atoms with van der Waals surface area (Å²) in [5, 5.41) is 3.32. The lowest BCUT2D eigenvalue weighted by molar-refractivity contribution is 0.0730. The van der Waals surface area contributed by atoms with Gasteiger partial charge in [0, 0.05) is 36.8 Å². The van der Waals surface area contributed by atoms with Crippen molar-refractivity contribution in [2.45, 2.75) is 18.4 Å². The Morgan fingerprint density at radius 3 is 2.68 bits per heavy atom. The highest BCUT2D eigenvalue weighted by molar-refractivity contribution is 7.89. The van der Waals surface area contributed by atoms with E-state index in [4.69, 9.17) is 4.74 Å². The van der Waals surface area contributed by atoms with Crippen LogP contribution in [-0.4, -0.2) is 49.9 Å². The molecule has 0 aliphatic carbocycles. The van der Waals surface area contributed by atoms with E-state index in [1.807, 2.05) is 0 Å². The second-order valence-corrected chi connectivity index (χ2v) is 9.19. The van der Waals surface area contributed by atoms with E-state index >= 15 is 0 Å². The topological polar surface area (TPSA) is 88.6 Å². The van der Waals surface area contributed by atoms with Crippen LogP contribution in [0.15, 0.2) is 53.4 Å². The highest BCUT2D eigenvalue weighted by Gasteiger charge is 2.28. The van der Waals surface area contributed by atoms with E-state index in [2.05, 4.69) is 10.3 Å². The number of sulfonamides is 1. The van der Waals surface area contributed by atoms with Crippen molar-refractivity contribution in [1.29, 1.82) is 0 Å². The molecule has 9 heteroatoms. The van der Waals surface area contributed by atoms with Gasteiger partial charge in [0.15, 0.2) is 0 Å². The van der Waals surface area contributed by atoms with Crippen LogP contribution >= 0.6 is 0 Å². The van der Waals surface area contributed by atoms with Crippen molar-refractivity contribution >= 4 is 26.8 Å². The zero-order valence-electron chi connectivity index (χ0n) is 17.0. The van der Waals surface area contributed by atoms with E-state index in [0.717, 1.165) is 0 Å². The normalized spacial score (nSPS) is 15.2. The third-order valence-corrected chi connectivity index (χ3v) is 7.14. The fourth-order valence-corrected chi connectivity index (χ4v) is 5.25. The fourth-order valence-electron chi connectivity index (χ4n) is 3.62. The zero-order chi connectivity index (χ0) is 22.0. The van der Waals surface area contributed by atoms with Crippen molar-refractivity contribution in [2.24, 2.45) is 0 Å². The molecule has 1 fully saturated rings. The van der Waals surface area contributed by atoms with E-state index in [-0.39, 0.29) is 17.3 Å². The second kappa shape index (κ2) is 8.70. The lowest BCUT2D eigenvalue weighted by atomic mass is 10.1. The van der Waals surface area contributed by atoms with E-state index < -0.39 is 15.8 Å². The van der Waals surface area contributed by atoms with Gasteiger partial charge in [-0.25, -0.2) is 12.8 Å². The number of amides is 1. The average Bonchev–Trinajstić information content (AvgIpc) is 2.77. The fraction of sp³-hybridized carbons (Fsp3) is 0.273. The monoisotopic (exact) mass is 443 g/mol. The van der Waals surface area contributed by atoms with Crippen LogP contribution in [0.3, 0.4) is 0 Å². The van der Waals surface area contributed by atoms with Gasteiger partial charge in [-0.15, -0.1) is 0 Å². The summed E-state index contributed by atoms with van der Waals surface area (Å²) >= 11 is 0. The Bertz CT molecular complexity index is 1240. The van der Waals surface area contributed by atoms with Gasteiger partial charge in [0.1, 0.15) is 5.82 Å². The number of rotatable bonds is 5. The molecule has 0 unspecified atom stereocenters. The van der Waals surface area contributed by atoms with Gasteiger partial charge in [-0.2, -0.15) is 4.31 Å². The number of hydrogen-bond donors (Lipinski definition) is 1. The van der Waals surface area contributed by atoms with Gasteiger partial charge < -0.3 is 10.1 Å². The number of hydrogen-bond acceptors (Lipinski definition) is 5. The van der Waals surface area contributed by atoms with Gasteiger partial charge in [-0.1, -0.05) is 18.2 Å².